The van der Waals surface area contributed by atoms with Gasteiger partial charge in [-0.2, -0.15) is 15.0 Å². The number of ether oxygens (including phenoxy) is 1. The Morgan fingerprint density at radius 1 is 1.15 bits per heavy atom. The van der Waals surface area contributed by atoms with Crippen molar-refractivity contribution in [2.75, 3.05) is 37.4 Å². The molecule has 0 saturated carbocycles. The van der Waals surface area contributed by atoms with Crippen LogP contribution in [-0.4, -0.2) is 47.6 Å². The van der Waals surface area contributed by atoms with Gasteiger partial charge in [0.25, 0.3) is 0 Å². The van der Waals surface area contributed by atoms with Crippen LogP contribution in [0.4, 0.5) is 11.9 Å². The highest BCUT2D eigenvalue weighted by Crippen LogP contribution is 2.10. The Labute approximate surface area is 118 Å². The SMILES string of the molecule is CCCNC(=O)CNc1nc(NC)nc(OCCC)n1. The maximum absolute atomic E-state index is 11.5. The Morgan fingerprint density at radius 3 is 2.55 bits per heavy atom. The maximum atomic E-state index is 11.5. The summed E-state index contributed by atoms with van der Waals surface area (Å²) in [5, 5.41) is 8.43. The lowest BCUT2D eigenvalue weighted by Crippen LogP contribution is -2.30. The van der Waals surface area contributed by atoms with Crippen LogP contribution in [0.25, 0.3) is 0 Å². The summed E-state index contributed by atoms with van der Waals surface area (Å²) < 4.78 is 5.37. The molecule has 1 rings (SSSR count). The van der Waals surface area contributed by atoms with Gasteiger partial charge in [-0.15, -0.1) is 0 Å². The van der Waals surface area contributed by atoms with Crippen LogP contribution in [0.15, 0.2) is 0 Å². The first-order chi connectivity index (χ1) is 9.69. The van der Waals surface area contributed by atoms with E-state index in [1.165, 1.54) is 0 Å². The molecule has 112 valence electrons. The van der Waals surface area contributed by atoms with E-state index in [4.69, 9.17) is 4.74 Å². The van der Waals surface area contributed by atoms with Gasteiger partial charge in [0.05, 0.1) is 13.2 Å². The smallest absolute Gasteiger partial charge is 0.323 e. The zero-order valence-corrected chi connectivity index (χ0v) is 12.2. The predicted octanol–water partition coefficient (Wildman–Crippen LogP) is 0.640. The Hall–Kier alpha value is -2.12. The van der Waals surface area contributed by atoms with Gasteiger partial charge >= 0.3 is 6.01 Å². The van der Waals surface area contributed by atoms with Crippen LogP contribution in [0.5, 0.6) is 6.01 Å². The lowest BCUT2D eigenvalue weighted by atomic mass is 10.4. The van der Waals surface area contributed by atoms with E-state index in [0.717, 1.165) is 12.8 Å². The molecule has 0 atom stereocenters. The third-order valence-electron chi connectivity index (χ3n) is 2.25. The van der Waals surface area contributed by atoms with Crippen molar-refractivity contribution in [2.24, 2.45) is 0 Å². The molecule has 0 saturated heterocycles. The summed E-state index contributed by atoms with van der Waals surface area (Å²) in [6, 6.07) is 0.239. The van der Waals surface area contributed by atoms with E-state index in [1.54, 1.807) is 7.05 Å². The highest BCUT2D eigenvalue weighted by atomic mass is 16.5. The van der Waals surface area contributed by atoms with Crippen molar-refractivity contribution in [1.82, 2.24) is 20.3 Å². The van der Waals surface area contributed by atoms with Crippen molar-refractivity contribution in [3.63, 3.8) is 0 Å². The van der Waals surface area contributed by atoms with Gasteiger partial charge in [0.2, 0.25) is 17.8 Å². The Morgan fingerprint density at radius 2 is 1.90 bits per heavy atom. The van der Waals surface area contributed by atoms with Crippen LogP contribution in [0.3, 0.4) is 0 Å². The van der Waals surface area contributed by atoms with Gasteiger partial charge in [0, 0.05) is 13.6 Å². The normalized spacial score (nSPS) is 9.95. The second kappa shape index (κ2) is 8.89. The van der Waals surface area contributed by atoms with Crippen LogP contribution in [0.1, 0.15) is 26.7 Å². The topological polar surface area (TPSA) is 101 Å². The number of nitrogens with zero attached hydrogens (tertiary/aromatic N) is 3. The summed E-state index contributed by atoms with van der Waals surface area (Å²) in [6.45, 7) is 5.29. The fraction of sp³-hybridized carbons (Fsp3) is 0.667. The number of rotatable bonds is 9. The van der Waals surface area contributed by atoms with Gasteiger partial charge in [0.1, 0.15) is 0 Å². The number of hydrogen-bond donors (Lipinski definition) is 3. The summed E-state index contributed by atoms with van der Waals surface area (Å²) >= 11 is 0. The van der Waals surface area contributed by atoms with Crippen molar-refractivity contribution in [1.29, 1.82) is 0 Å². The minimum absolute atomic E-state index is 0.103. The fourth-order valence-electron chi connectivity index (χ4n) is 1.29. The van der Waals surface area contributed by atoms with E-state index in [-0.39, 0.29) is 18.5 Å². The van der Waals surface area contributed by atoms with Gasteiger partial charge in [0.15, 0.2) is 0 Å². The van der Waals surface area contributed by atoms with Gasteiger partial charge in [-0.25, -0.2) is 0 Å². The molecule has 3 N–H and O–H groups in total. The molecule has 0 aliphatic heterocycles. The average Bonchev–Trinajstić information content (AvgIpc) is 2.48. The molecule has 0 aromatic carbocycles. The third-order valence-corrected chi connectivity index (χ3v) is 2.25. The lowest BCUT2D eigenvalue weighted by molar-refractivity contribution is -0.119. The number of anilines is 2. The minimum Gasteiger partial charge on any atom is -0.463 e. The van der Waals surface area contributed by atoms with E-state index in [1.807, 2.05) is 13.8 Å². The van der Waals surface area contributed by atoms with Crippen LogP contribution in [0.2, 0.25) is 0 Å². The molecule has 20 heavy (non-hydrogen) atoms. The van der Waals surface area contributed by atoms with Crippen molar-refractivity contribution in [2.45, 2.75) is 26.7 Å². The lowest BCUT2D eigenvalue weighted by Gasteiger charge is -2.09. The maximum Gasteiger partial charge on any atom is 0.323 e. The number of carbonyl (C=O) groups excluding carboxylic acids is 1. The molecule has 1 amide bonds. The van der Waals surface area contributed by atoms with E-state index in [9.17, 15) is 4.79 Å². The van der Waals surface area contributed by atoms with E-state index >= 15 is 0 Å². The molecule has 0 fully saturated rings. The number of carbonyl (C=O) groups is 1. The largest absolute Gasteiger partial charge is 0.463 e. The molecule has 1 aromatic rings. The van der Waals surface area contributed by atoms with Crippen molar-refractivity contribution in [3.8, 4) is 6.01 Å². The third kappa shape index (κ3) is 5.68. The second-order valence-corrected chi connectivity index (χ2v) is 4.07. The molecule has 0 unspecified atom stereocenters. The van der Waals surface area contributed by atoms with Crippen LogP contribution < -0.4 is 20.7 Å². The zero-order chi connectivity index (χ0) is 14.8. The molecule has 0 bridgehead atoms. The predicted molar refractivity (Wildman–Crippen MR) is 77.0 cm³/mol. The Balaban J connectivity index is 2.61. The van der Waals surface area contributed by atoms with E-state index < -0.39 is 0 Å². The van der Waals surface area contributed by atoms with E-state index in [2.05, 4.69) is 30.9 Å². The van der Waals surface area contributed by atoms with Crippen molar-refractivity contribution < 1.29 is 9.53 Å². The number of aromatic nitrogens is 3. The number of hydrogen-bond acceptors (Lipinski definition) is 7. The van der Waals surface area contributed by atoms with Gasteiger partial charge in [-0.3, -0.25) is 4.79 Å². The van der Waals surface area contributed by atoms with Crippen molar-refractivity contribution in [3.05, 3.63) is 0 Å². The van der Waals surface area contributed by atoms with E-state index in [0.29, 0.717) is 25.0 Å². The first kappa shape index (κ1) is 15.9. The summed E-state index contributed by atoms with van der Waals surface area (Å²) in [5.41, 5.74) is 0. The fourth-order valence-corrected chi connectivity index (χ4v) is 1.29. The molecular weight excluding hydrogens is 260 g/mol. The summed E-state index contributed by atoms with van der Waals surface area (Å²) in [6.07, 6.45) is 1.76. The second-order valence-electron chi connectivity index (χ2n) is 4.07. The van der Waals surface area contributed by atoms with Crippen LogP contribution in [-0.2, 0) is 4.79 Å². The molecule has 1 heterocycles. The summed E-state index contributed by atoms with van der Waals surface area (Å²) in [7, 11) is 1.71. The molecule has 8 nitrogen and oxygen atoms in total. The Bertz CT molecular complexity index is 426. The first-order valence-electron chi connectivity index (χ1n) is 6.76. The summed E-state index contributed by atoms with van der Waals surface area (Å²) in [4.78, 5) is 23.8. The van der Waals surface area contributed by atoms with Gasteiger partial charge < -0.3 is 20.7 Å². The summed E-state index contributed by atoms with van der Waals surface area (Å²) in [5.74, 6) is 0.596. The minimum atomic E-state index is -0.103. The zero-order valence-electron chi connectivity index (χ0n) is 12.2. The quantitative estimate of drug-likeness (QED) is 0.611. The van der Waals surface area contributed by atoms with Gasteiger partial charge in [-0.05, 0) is 12.8 Å². The highest BCUT2D eigenvalue weighted by molar-refractivity contribution is 5.80. The molecule has 8 heteroatoms. The molecule has 0 radical (unpaired) electrons. The van der Waals surface area contributed by atoms with Crippen LogP contribution in [0, 0.1) is 0 Å². The molecule has 0 spiro atoms. The standard InChI is InChI=1S/C12H22N6O2/c1-4-6-14-9(19)8-15-11-16-10(13-3)17-12(18-11)20-7-5-2/h4-8H2,1-3H3,(H,14,19)(H2,13,15,16,17,18). The monoisotopic (exact) mass is 282 g/mol. The van der Waals surface area contributed by atoms with Crippen molar-refractivity contribution >= 4 is 17.8 Å². The Kier molecular flexibility index (Phi) is 7.08. The average molecular weight is 282 g/mol. The van der Waals surface area contributed by atoms with Gasteiger partial charge in [-0.1, -0.05) is 13.8 Å². The molecule has 0 aliphatic carbocycles. The highest BCUT2D eigenvalue weighted by Gasteiger charge is 2.07. The first-order valence-corrected chi connectivity index (χ1v) is 6.76. The molecule has 0 aliphatic rings. The van der Waals surface area contributed by atoms with Crippen LogP contribution >= 0.6 is 0 Å². The number of nitrogens with one attached hydrogen (secondary N) is 3. The molecule has 1 aromatic heterocycles. The number of amides is 1. The molecular formula is C12H22N6O2.